The van der Waals surface area contributed by atoms with Gasteiger partial charge in [-0.3, -0.25) is 5.32 Å². The normalized spacial score (nSPS) is 13.1. The highest BCUT2D eigenvalue weighted by atomic mass is 35.5. The van der Waals surface area contributed by atoms with E-state index in [-0.39, 0.29) is 0 Å². The van der Waals surface area contributed by atoms with Crippen LogP contribution >= 0.6 is 11.6 Å². The smallest absolute Gasteiger partial charge is 0.0956 e. The standard InChI is InChI=1S/C28H30ClN3/c1-2-3-9-24-10-7-8-13-27(24)28(25-11-5-4-6-12-25,31-22-32-19-18-30-21-32)20-23-14-16-26(29)17-15-23/h4-8,10-19,21,31H,2-3,9,20,22H2,1H3. The molecule has 0 saturated heterocycles. The molecule has 3 nitrogen and oxygen atoms in total. The van der Waals surface area contributed by atoms with E-state index < -0.39 is 5.54 Å². The second-order valence-electron chi connectivity index (χ2n) is 8.25. The van der Waals surface area contributed by atoms with Crippen molar-refractivity contribution < 1.29 is 0 Å². The Balaban J connectivity index is 1.86. The number of nitrogens with one attached hydrogen (secondary N) is 1. The van der Waals surface area contributed by atoms with Gasteiger partial charge in [0.1, 0.15) is 0 Å². The lowest BCUT2D eigenvalue weighted by Crippen LogP contribution is -2.46. The summed E-state index contributed by atoms with van der Waals surface area (Å²) in [5.74, 6) is 0. The van der Waals surface area contributed by atoms with E-state index in [4.69, 9.17) is 11.6 Å². The molecule has 0 fully saturated rings. The van der Waals surface area contributed by atoms with Gasteiger partial charge in [-0.05, 0) is 53.6 Å². The van der Waals surface area contributed by atoms with E-state index in [0.717, 1.165) is 17.9 Å². The van der Waals surface area contributed by atoms with Crippen LogP contribution in [0.25, 0.3) is 0 Å². The van der Waals surface area contributed by atoms with Gasteiger partial charge in [0.2, 0.25) is 0 Å². The second-order valence-corrected chi connectivity index (χ2v) is 8.68. The molecule has 1 aromatic heterocycles. The highest BCUT2D eigenvalue weighted by molar-refractivity contribution is 6.30. The zero-order valence-corrected chi connectivity index (χ0v) is 19.3. The Morgan fingerprint density at radius 1 is 0.938 bits per heavy atom. The first-order valence-corrected chi connectivity index (χ1v) is 11.7. The van der Waals surface area contributed by atoms with E-state index in [1.54, 1.807) is 0 Å². The molecule has 0 aliphatic carbocycles. The molecule has 0 amide bonds. The van der Waals surface area contributed by atoms with Crippen LogP contribution < -0.4 is 5.32 Å². The molecule has 1 unspecified atom stereocenters. The molecule has 0 bridgehead atoms. The van der Waals surface area contributed by atoms with Crippen LogP contribution in [0.2, 0.25) is 5.02 Å². The summed E-state index contributed by atoms with van der Waals surface area (Å²) in [5, 5.41) is 4.70. The molecule has 3 aromatic carbocycles. The largest absolute Gasteiger partial charge is 0.324 e. The first-order chi connectivity index (χ1) is 15.7. The van der Waals surface area contributed by atoms with Crippen LogP contribution in [0.4, 0.5) is 0 Å². The first-order valence-electron chi connectivity index (χ1n) is 11.3. The SMILES string of the molecule is CCCCc1ccccc1C(Cc1ccc(Cl)cc1)(NCn1ccnc1)c1ccccc1. The molecule has 0 aliphatic heterocycles. The number of hydrogen-bond donors (Lipinski definition) is 1. The maximum absolute atomic E-state index is 6.20. The topological polar surface area (TPSA) is 29.9 Å². The molecule has 1 atom stereocenters. The van der Waals surface area contributed by atoms with Crippen molar-refractivity contribution in [2.45, 2.75) is 44.8 Å². The van der Waals surface area contributed by atoms with Gasteiger partial charge in [0.05, 0.1) is 18.5 Å². The van der Waals surface area contributed by atoms with Gasteiger partial charge in [-0.2, -0.15) is 0 Å². The summed E-state index contributed by atoms with van der Waals surface area (Å²) in [4.78, 5) is 4.23. The number of imidazole rings is 1. The van der Waals surface area contributed by atoms with Crippen molar-refractivity contribution in [3.63, 3.8) is 0 Å². The molecule has 1 N–H and O–H groups in total. The van der Waals surface area contributed by atoms with Crippen LogP contribution in [0.5, 0.6) is 0 Å². The van der Waals surface area contributed by atoms with Gasteiger partial charge >= 0.3 is 0 Å². The predicted molar refractivity (Wildman–Crippen MR) is 133 cm³/mol. The van der Waals surface area contributed by atoms with E-state index in [2.05, 4.69) is 88.5 Å². The molecule has 4 heteroatoms. The van der Waals surface area contributed by atoms with E-state index in [9.17, 15) is 0 Å². The van der Waals surface area contributed by atoms with Crippen molar-refractivity contribution in [3.8, 4) is 0 Å². The summed E-state index contributed by atoms with van der Waals surface area (Å²) in [6, 6.07) is 27.9. The van der Waals surface area contributed by atoms with Crippen molar-refractivity contribution in [1.82, 2.24) is 14.9 Å². The van der Waals surface area contributed by atoms with Crippen molar-refractivity contribution in [3.05, 3.63) is 125 Å². The number of unbranched alkanes of at least 4 members (excludes halogenated alkanes) is 1. The maximum atomic E-state index is 6.20. The molecule has 1 heterocycles. The Morgan fingerprint density at radius 2 is 1.69 bits per heavy atom. The van der Waals surface area contributed by atoms with Crippen LogP contribution in [-0.2, 0) is 25.0 Å². The zero-order chi connectivity index (χ0) is 22.2. The number of benzene rings is 3. The first kappa shape index (κ1) is 22.3. The number of halogens is 1. The fraction of sp³-hybridized carbons (Fsp3) is 0.250. The molecular weight excluding hydrogens is 414 g/mol. The van der Waals surface area contributed by atoms with Gasteiger partial charge in [-0.15, -0.1) is 0 Å². The third kappa shape index (κ3) is 5.12. The Morgan fingerprint density at radius 3 is 2.41 bits per heavy atom. The van der Waals surface area contributed by atoms with Crippen molar-refractivity contribution >= 4 is 11.6 Å². The molecule has 32 heavy (non-hydrogen) atoms. The van der Waals surface area contributed by atoms with E-state index in [1.165, 1.54) is 35.1 Å². The fourth-order valence-corrected chi connectivity index (χ4v) is 4.50. The van der Waals surface area contributed by atoms with Gasteiger partial charge in [0.25, 0.3) is 0 Å². The minimum absolute atomic E-state index is 0.399. The molecule has 0 spiro atoms. The van der Waals surface area contributed by atoms with Crippen LogP contribution in [0.3, 0.4) is 0 Å². The van der Waals surface area contributed by atoms with Crippen molar-refractivity contribution in [1.29, 1.82) is 0 Å². The number of aromatic nitrogens is 2. The van der Waals surface area contributed by atoms with Gasteiger partial charge < -0.3 is 4.57 Å². The minimum Gasteiger partial charge on any atom is -0.324 e. The fourth-order valence-electron chi connectivity index (χ4n) is 4.37. The van der Waals surface area contributed by atoms with E-state index in [1.807, 2.05) is 30.9 Å². The Labute approximate surface area is 196 Å². The van der Waals surface area contributed by atoms with Gasteiger partial charge in [0, 0.05) is 17.4 Å². The monoisotopic (exact) mass is 443 g/mol. The van der Waals surface area contributed by atoms with Gasteiger partial charge in [-0.1, -0.05) is 91.7 Å². The summed E-state index contributed by atoms with van der Waals surface area (Å²) in [6.07, 6.45) is 9.89. The summed E-state index contributed by atoms with van der Waals surface area (Å²) < 4.78 is 2.08. The molecular formula is C28H30ClN3. The predicted octanol–water partition coefficient (Wildman–Crippen LogP) is 6.61. The summed E-state index contributed by atoms with van der Waals surface area (Å²) in [5.41, 5.74) is 4.81. The quantitative estimate of drug-likeness (QED) is 0.298. The number of nitrogens with zero attached hydrogens (tertiary/aromatic N) is 2. The average molecular weight is 444 g/mol. The highest BCUT2D eigenvalue weighted by Crippen LogP contribution is 2.36. The number of aryl methyl sites for hydroxylation is 1. The molecule has 4 aromatic rings. The van der Waals surface area contributed by atoms with Crippen LogP contribution in [-0.4, -0.2) is 9.55 Å². The lowest BCUT2D eigenvalue weighted by Gasteiger charge is -2.38. The third-order valence-electron chi connectivity index (χ3n) is 6.05. The molecule has 4 rings (SSSR count). The molecule has 0 radical (unpaired) electrons. The minimum atomic E-state index is -0.399. The Hall–Kier alpha value is -2.88. The average Bonchev–Trinajstić information content (AvgIpc) is 3.36. The van der Waals surface area contributed by atoms with E-state index >= 15 is 0 Å². The number of rotatable bonds is 10. The van der Waals surface area contributed by atoms with Crippen molar-refractivity contribution in [2.75, 3.05) is 0 Å². The summed E-state index contributed by atoms with van der Waals surface area (Å²) in [7, 11) is 0. The maximum Gasteiger partial charge on any atom is 0.0956 e. The lowest BCUT2D eigenvalue weighted by molar-refractivity contribution is 0.353. The molecule has 0 saturated carbocycles. The lowest BCUT2D eigenvalue weighted by atomic mass is 9.75. The van der Waals surface area contributed by atoms with Crippen LogP contribution in [0, 0.1) is 0 Å². The van der Waals surface area contributed by atoms with Gasteiger partial charge in [-0.25, -0.2) is 4.98 Å². The van der Waals surface area contributed by atoms with Crippen LogP contribution in [0.15, 0.2) is 97.6 Å². The summed E-state index contributed by atoms with van der Waals surface area (Å²) >= 11 is 6.20. The number of hydrogen-bond acceptors (Lipinski definition) is 2. The van der Waals surface area contributed by atoms with E-state index in [0.29, 0.717) is 6.67 Å². The zero-order valence-electron chi connectivity index (χ0n) is 18.5. The Bertz CT molecular complexity index is 1090. The second kappa shape index (κ2) is 10.6. The van der Waals surface area contributed by atoms with Crippen molar-refractivity contribution in [2.24, 2.45) is 0 Å². The molecule has 164 valence electrons. The summed E-state index contributed by atoms with van der Waals surface area (Å²) in [6.45, 7) is 2.91. The third-order valence-corrected chi connectivity index (χ3v) is 6.30. The molecule has 0 aliphatic rings. The Kier molecular flexibility index (Phi) is 7.41. The highest BCUT2D eigenvalue weighted by Gasteiger charge is 2.35. The van der Waals surface area contributed by atoms with Gasteiger partial charge in [0.15, 0.2) is 0 Å². The van der Waals surface area contributed by atoms with Crippen LogP contribution in [0.1, 0.15) is 42.0 Å².